The maximum atomic E-state index is 13.2. The fraction of sp³-hybridized carbons (Fsp3) is 0.667. The van der Waals surface area contributed by atoms with Crippen molar-refractivity contribution in [3.63, 3.8) is 0 Å². The van der Waals surface area contributed by atoms with Crippen LogP contribution >= 0.6 is 0 Å². The second kappa shape index (κ2) is 16.3. The smallest absolute Gasteiger partial charge is 0.251 e. The first kappa shape index (κ1) is 34.4. The van der Waals surface area contributed by atoms with Gasteiger partial charge in [-0.25, -0.2) is 4.98 Å². The molecule has 0 bridgehead atoms. The predicted molar refractivity (Wildman–Crippen MR) is 191 cm³/mol. The van der Waals surface area contributed by atoms with Crippen molar-refractivity contribution < 1.29 is 14.3 Å². The number of carbonyl (C=O) groups is 2. The van der Waals surface area contributed by atoms with Crippen LogP contribution in [0.25, 0.3) is 0 Å². The number of nitrogens with zero attached hydrogens (tertiary/aromatic N) is 6. The normalized spacial score (nSPS) is 21.4. The molecule has 262 valence electrons. The van der Waals surface area contributed by atoms with Gasteiger partial charge in [-0.3, -0.25) is 9.59 Å². The molecular weight excluding hydrogens is 606 g/mol. The van der Waals surface area contributed by atoms with Crippen LogP contribution in [0, 0.1) is 5.92 Å². The average molecular weight is 662 g/mol. The molecule has 0 radical (unpaired) electrons. The number of ether oxygens (including phenoxy) is 1. The zero-order chi connectivity index (χ0) is 33.5. The Labute approximate surface area is 286 Å². The Hall–Kier alpha value is -3.48. The lowest BCUT2D eigenvalue weighted by molar-refractivity contribution is -0.120. The van der Waals surface area contributed by atoms with Gasteiger partial charge in [-0.1, -0.05) is 19.8 Å². The monoisotopic (exact) mass is 661 g/mol. The van der Waals surface area contributed by atoms with E-state index in [2.05, 4.69) is 42.6 Å². The highest BCUT2D eigenvalue weighted by Gasteiger charge is 2.41. The van der Waals surface area contributed by atoms with Gasteiger partial charge in [-0.15, -0.1) is 0 Å². The van der Waals surface area contributed by atoms with Gasteiger partial charge >= 0.3 is 0 Å². The van der Waals surface area contributed by atoms with Crippen molar-refractivity contribution in [3.8, 4) is 5.75 Å². The minimum Gasteiger partial charge on any atom is -0.495 e. The minimum absolute atomic E-state index is 0.0911. The summed E-state index contributed by atoms with van der Waals surface area (Å²) in [6, 6.07) is 5.45. The summed E-state index contributed by atoms with van der Waals surface area (Å²) in [5.74, 6) is 2.59. The van der Waals surface area contributed by atoms with Crippen LogP contribution in [0.3, 0.4) is 0 Å². The third kappa shape index (κ3) is 8.03. The quantitative estimate of drug-likeness (QED) is 0.273. The minimum atomic E-state index is -0.231. The summed E-state index contributed by atoms with van der Waals surface area (Å²) in [4.78, 5) is 44.9. The van der Waals surface area contributed by atoms with Crippen LogP contribution in [0.1, 0.15) is 75.1 Å². The third-order valence-electron chi connectivity index (χ3n) is 10.7. The van der Waals surface area contributed by atoms with Crippen molar-refractivity contribution in [2.45, 2.75) is 76.8 Å². The summed E-state index contributed by atoms with van der Waals surface area (Å²) in [6.45, 7) is 12.0. The van der Waals surface area contributed by atoms with Crippen molar-refractivity contribution in [1.82, 2.24) is 30.4 Å². The number of anilines is 4. The van der Waals surface area contributed by atoms with E-state index in [0.717, 1.165) is 69.2 Å². The van der Waals surface area contributed by atoms with Gasteiger partial charge in [0.25, 0.3) is 5.91 Å². The summed E-state index contributed by atoms with van der Waals surface area (Å²) in [5.41, 5.74) is 1.95. The van der Waals surface area contributed by atoms with E-state index in [9.17, 15) is 9.59 Å². The molecule has 1 aromatic carbocycles. The Morgan fingerprint density at radius 3 is 2.52 bits per heavy atom. The maximum Gasteiger partial charge on any atom is 0.251 e. The molecule has 3 fully saturated rings. The van der Waals surface area contributed by atoms with E-state index in [1.165, 1.54) is 58.4 Å². The SMILES string of the molecule is CC[C@@H]1C(=O)N(C)c2cnc(Nc3ccc(C(=O)NCCCCN4CCN(CC5CCNCC5)CC4)cc3OC)nc2N1C1CCCC1. The van der Waals surface area contributed by atoms with Gasteiger partial charge < -0.3 is 40.3 Å². The maximum absolute atomic E-state index is 13.2. The number of fused-ring (bicyclic) bond motifs is 1. The Morgan fingerprint density at radius 1 is 1.04 bits per heavy atom. The van der Waals surface area contributed by atoms with Crippen LogP contribution in [0.15, 0.2) is 24.4 Å². The van der Waals surface area contributed by atoms with Gasteiger partial charge in [0, 0.05) is 57.9 Å². The van der Waals surface area contributed by atoms with Gasteiger partial charge in [-0.05, 0) is 88.7 Å². The van der Waals surface area contributed by atoms with Crippen LogP contribution in [0.4, 0.5) is 23.1 Å². The summed E-state index contributed by atoms with van der Waals surface area (Å²) in [7, 11) is 3.40. The predicted octanol–water partition coefficient (Wildman–Crippen LogP) is 3.86. The first-order chi connectivity index (χ1) is 23.4. The third-order valence-corrected chi connectivity index (χ3v) is 10.7. The number of carbonyl (C=O) groups excluding carboxylic acids is 2. The highest BCUT2D eigenvalue weighted by Crippen LogP contribution is 2.40. The van der Waals surface area contributed by atoms with Crippen LogP contribution in [0.5, 0.6) is 5.75 Å². The zero-order valence-corrected chi connectivity index (χ0v) is 29.2. The number of aromatic nitrogens is 2. The summed E-state index contributed by atoms with van der Waals surface area (Å²) in [5, 5.41) is 9.86. The number of piperidine rings is 1. The van der Waals surface area contributed by atoms with Gasteiger partial charge in [0.15, 0.2) is 5.82 Å². The molecule has 12 nitrogen and oxygen atoms in total. The molecule has 1 aromatic heterocycles. The second-order valence-corrected chi connectivity index (χ2v) is 13.9. The Kier molecular flexibility index (Phi) is 11.7. The lowest BCUT2D eigenvalue weighted by Gasteiger charge is -2.43. The molecule has 0 spiro atoms. The van der Waals surface area contributed by atoms with E-state index in [0.29, 0.717) is 35.5 Å². The molecule has 4 aliphatic rings. The van der Waals surface area contributed by atoms with Crippen LogP contribution in [-0.2, 0) is 4.79 Å². The molecule has 1 atom stereocenters. The lowest BCUT2D eigenvalue weighted by Crippen LogP contribution is -2.55. The summed E-state index contributed by atoms with van der Waals surface area (Å²) >= 11 is 0. The van der Waals surface area contributed by atoms with Gasteiger partial charge in [0.05, 0.1) is 19.0 Å². The van der Waals surface area contributed by atoms with Crippen molar-refractivity contribution in [1.29, 1.82) is 0 Å². The Balaban J connectivity index is 0.990. The highest BCUT2D eigenvalue weighted by atomic mass is 16.5. The average Bonchev–Trinajstić information content (AvgIpc) is 3.65. The van der Waals surface area contributed by atoms with E-state index < -0.39 is 0 Å². The molecule has 0 unspecified atom stereocenters. The molecule has 3 N–H and O–H groups in total. The van der Waals surface area contributed by atoms with Gasteiger partial charge in [0.2, 0.25) is 11.9 Å². The molecule has 3 aliphatic heterocycles. The van der Waals surface area contributed by atoms with Gasteiger partial charge in [0.1, 0.15) is 17.5 Å². The molecule has 6 rings (SSSR count). The first-order valence-corrected chi connectivity index (χ1v) is 18.3. The number of methoxy groups -OCH3 is 1. The lowest BCUT2D eigenvalue weighted by atomic mass is 9.97. The number of hydrogen-bond donors (Lipinski definition) is 3. The van der Waals surface area contributed by atoms with Crippen LogP contribution in [-0.4, -0.2) is 117 Å². The van der Waals surface area contributed by atoms with Crippen molar-refractivity contribution in [2.75, 3.05) is 88.2 Å². The molecule has 2 aromatic rings. The highest BCUT2D eigenvalue weighted by molar-refractivity contribution is 6.04. The van der Waals surface area contributed by atoms with Crippen molar-refractivity contribution >= 4 is 35.0 Å². The molecule has 1 aliphatic carbocycles. The number of amides is 2. The van der Waals surface area contributed by atoms with E-state index >= 15 is 0 Å². The number of piperazine rings is 1. The van der Waals surface area contributed by atoms with E-state index in [1.54, 1.807) is 37.4 Å². The molecule has 1 saturated carbocycles. The number of hydrogen-bond acceptors (Lipinski definition) is 10. The number of rotatable bonds is 13. The van der Waals surface area contributed by atoms with Crippen molar-refractivity contribution in [3.05, 3.63) is 30.0 Å². The van der Waals surface area contributed by atoms with E-state index in [4.69, 9.17) is 9.72 Å². The molecule has 48 heavy (non-hydrogen) atoms. The Morgan fingerprint density at radius 2 is 1.79 bits per heavy atom. The molecule has 2 amide bonds. The standard InChI is InChI=1S/C36H55N9O3/c1-4-30-35(47)42(2)31-24-39-36(41-33(31)45(30)28-9-5-6-10-28)40-29-12-11-27(23-32(29)48-3)34(46)38-15-7-8-18-43-19-21-44(22-20-43)25-26-13-16-37-17-14-26/h11-12,23-24,26,28,30,37H,4-10,13-22,25H2,1-3H3,(H,38,46)(H,39,40,41)/t30-/m1/s1. The fourth-order valence-electron chi connectivity index (χ4n) is 7.89. The zero-order valence-electron chi connectivity index (χ0n) is 29.2. The molecular formula is C36H55N9O3. The second-order valence-electron chi connectivity index (χ2n) is 13.9. The van der Waals surface area contributed by atoms with Crippen LogP contribution in [0.2, 0.25) is 0 Å². The molecule has 12 heteroatoms. The Bertz CT molecular complexity index is 1390. The number of unbranched alkanes of at least 4 members (excludes halogenated alkanes) is 1. The largest absolute Gasteiger partial charge is 0.495 e. The number of likely N-dealkylation sites (N-methyl/N-ethyl adjacent to an activating group) is 1. The topological polar surface area (TPSA) is 118 Å². The number of benzene rings is 1. The van der Waals surface area contributed by atoms with Crippen LogP contribution < -0.4 is 30.5 Å². The fourth-order valence-corrected chi connectivity index (χ4v) is 7.89. The van der Waals surface area contributed by atoms with E-state index in [1.807, 2.05) is 6.07 Å². The summed E-state index contributed by atoms with van der Waals surface area (Å²) in [6.07, 6.45) is 11.5. The first-order valence-electron chi connectivity index (χ1n) is 18.3. The van der Waals surface area contributed by atoms with Crippen molar-refractivity contribution in [2.24, 2.45) is 5.92 Å². The number of nitrogens with one attached hydrogen (secondary N) is 3. The summed E-state index contributed by atoms with van der Waals surface area (Å²) < 4.78 is 5.68. The van der Waals surface area contributed by atoms with E-state index in [-0.39, 0.29) is 17.9 Å². The molecule has 2 saturated heterocycles. The molecule has 4 heterocycles. The van der Waals surface area contributed by atoms with Gasteiger partial charge in [-0.2, -0.15) is 4.98 Å².